The van der Waals surface area contributed by atoms with Gasteiger partial charge >= 0.3 is 0 Å². The lowest BCUT2D eigenvalue weighted by atomic mass is 10.1. The maximum Gasteiger partial charge on any atom is 0.251 e. The second-order valence-electron chi connectivity index (χ2n) is 4.58. The molecule has 4 nitrogen and oxygen atoms in total. The van der Waals surface area contributed by atoms with E-state index >= 15 is 0 Å². The largest absolute Gasteiger partial charge is 0.397 e. The average Bonchev–Trinajstić information content (AvgIpc) is 2.95. The molecule has 1 unspecified atom stereocenters. The average molecular weight is 289 g/mol. The topological polar surface area (TPSA) is 67.2 Å². The molecule has 1 atom stereocenters. The van der Waals surface area contributed by atoms with Crippen LogP contribution in [0.4, 0.5) is 11.4 Å². The smallest absolute Gasteiger partial charge is 0.251 e. The first-order valence-electron chi connectivity index (χ1n) is 6.58. The van der Waals surface area contributed by atoms with Crippen molar-refractivity contribution in [3.05, 3.63) is 46.2 Å². The fourth-order valence-electron chi connectivity index (χ4n) is 1.92. The van der Waals surface area contributed by atoms with E-state index < -0.39 is 0 Å². The van der Waals surface area contributed by atoms with Gasteiger partial charge in [0, 0.05) is 18.2 Å². The fraction of sp³-hybridized carbons (Fsp3) is 0.267. The second kappa shape index (κ2) is 6.43. The van der Waals surface area contributed by atoms with Gasteiger partial charge in [-0.05, 0) is 54.4 Å². The van der Waals surface area contributed by atoms with Gasteiger partial charge in [0.1, 0.15) is 0 Å². The number of nitrogens with two attached hydrogens (primary N) is 1. The summed E-state index contributed by atoms with van der Waals surface area (Å²) in [4.78, 5) is 11.8. The Morgan fingerprint density at radius 3 is 2.85 bits per heavy atom. The first kappa shape index (κ1) is 14.4. The van der Waals surface area contributed by atoms with Gasteiger partial charge in [-0.1, -0.05) is 0 Å². The summed E-state index contributed by atoms with van der Waals surface area (Å²) in [7, 11) is 0. The summed E-state index contributed by atoms with van der Waals surface area (Å²) >= 11 is 1.66. The molecule has 4 N–H and O–H groups in total. The molecule has 1 amide bonds. The molecule has 0 aliphatic heterocycles. The van der Waals surface area contributed by atoms with Crippen LogP contribution in [0.25, 0.3) is 0 Å². The summed E-state index contributed by atoms with van der Waals surface area (Å²) < 4.78 is 0. The third-order valence-corrected chi connectivity index (χ3v) is 3.77. The molecule has 0 bridgehead atoms. The van der Waals surface area contributed by atoms with Crippen LogP contribution in [-0.2, 0) is 0 Å². The zero-order valence-electron chi connectivity index (χ0n) is 11.6. The van der Waals surface area contributed by atoms with Crippen LogP contribution in [0.5, 0.6) is 0 Å². The number of rotatable bonds is 5. The third-order valence-electron chi connectivity index (χ3n) is 3.07. The minimum Gasteiger partial charge on any atom is -0.397 e. The summed E-state index contributed by atoms with van der Waals surface area (Å²) in [5.74, 6) is -0.0845. The Morgan fingerprint density at radius 1 is 1.40 bits per heavy atom. The number of carbonyl (C=O) groups is 1. The number of nitrogens with one attached hydrogen (secondary N) is 2. The van der Waals surface area contributed by atoms with Crippen LogP contribution in [0, 0.1) is 0 Å². The second-order valence-corrected chi connectivity index (χ2v) is 5.36. The molecule has 5 heteroatoms. The Morgan fingerprint density at radius 2 is 2.20 bits per heavy atom. The van der Waals surface area contributed by atoms with Crippen molar-refractivity contribution < 1.29 is 4.79 Å². The van der Waals surface area contributed by atoms with Gasteiger partial charge in [0.2, 0.25) is 0 Å². The standard InChI is InChI=1S/C15H19N3OS/c1-3-17-15(19)11-4-5-13(16)14(8-11)18-10(2)12-6-7-20-9-12/h4-10,18H,3,16H2,1-2H3,(H,17,19). The summed E-state index contributed by atoms with van der Waals surface area (Å²) in [6.45, 7) is 4.57. The fourth-order valence-corrected chi connectivity index (χ4v) is 2.68. The van der Waals surface area contributed by atoms with Gasteiger partial charge in [-0.3, -0.25) is 4.79 Å². The van der Waals surface area contributed by atoms with Crippen LogP contribution in [-0.4, -0.2) is 12.5 Å². The van der Waals surface area contributed by atoms with Crippen molar-refractivity contribution in [2.45, 2.75) is 19.9 Å². The molecule has 0 aliphatic rings. The van der Waals surface area contributed by atoms with E-state index in [0.29, 0.717) is 17.8 Å². The van der Waals surface area contributed by atoms with Crippen molar-refractivity contribution in [3.8, 4) is 0 Å². The SMILES string of the molecule is CCNC(=O)c1ccc(N)c(NC(C)c2ccsc2)c1. The van der Waals surface area contributed by atoms with Crippen molar-refractivity contribution in [3.63, 3.8) is 0 Å². The van der Waals surface area contributed by atoms with Crippen LogP contribution in [0.3, 0.4) is 0 Å². The third kappa shape index (κ3) is 3.30. The van der Waals surface area contributed by atoms with Crippen molar-refractivity contribution >= 4 is 28.6 Å². The monoisotopic (exact) mass is 289 g/mol. The zero-order valence-corrected chi connectivity index (χ0v) is 12.5. The molecule has 0 radical (unpaired) electrons. The van der Waals surface area contributed by atoms with Crippen molar-refractivity contribution in [1.82, 2.24) is 5.32 Å². The summed E-state index contributed by atoms with van der Waals surface area (Å²) in [6, 6.07) is 7.51. The van der Waals surface area contributed by atoms with E-state index in [1.165, 1.54) is 5.56 Å². The predicted molar refractivity (Wildman–Crippen MR) is 85.2 cm³/mol. The van der Waals surface area contributed by atoms with E-state index in [-0.39, 0.29) is 11.9 Å². The van der Waals surface area contributed by atoms with E-state index in [1.54, 1.807) is 29.5 Å². The number of benzene rings is 1. The minimum atomic E-state index is -0.0845. The molecule has 0 saturated heterocycles. The number of hydrogen-bond donors (Lipinski definition) is 3. The van der Waals surface area contributed by atoms with Gasteiger partial charge in [-0.2, -0.15) is 11.3 Å². The molecule has 20 heavy (non-hydrogen) atoms. The molecule has 0 spiro atoms. The molecular weight excluding hydrogens is 270 g/mol. The highest BCUT2D eigenvalue weighted by molar-refractivity contribution is 7.08. The normalized spacial score (nSPS) is 11.9. The quantitative estimate of drug-likeness (QED) is 0.740. The molecule has 0 aliphatic carbocycles. The summed E-state index contributed by atoms with van der Waals surface area (Å²) in [6.07, 6.45) is 0. The number of hydrogen-bond acceptors (Lipinski definition) is 4. The van der Waals surface area contributed by atoms with Crippen molar-refractivity contribution in [2.75, 3.05) is 17.6 Å². The molecular formula is C15H19N3OS. The first-order chi connectivity index (χ1) is 9.61. The lowest BCUT2D eigenvalue weighted by molar-refractivity contribution is 0.0956. The summed E-state index contributed by atoms with van der Waals surface area (Å²) in [5, 5.41) is 10.3. The van der Waals surface area contributed by atoms with E-state index in [1.807, 2.05) is 12.3 Å². The predicted octanol–water partition coefficient (Wildman–Crippen LogP) is 3.25. The first-order valence-corrected chi connectivity index (χ1v) is 7.52. The highest BCUT2D eigenvalue weighted by Gasteiger charge is 2.11. The van der Waals surface area contributed by atoms with Gasteiger partial charge in [0.05, 0.1) is 11.4 Å². The molecule has 2 aromatic rings. The Kier molecular flexibility index (Phi) is 4.63. The lowest BCUT2D eigenvalue weighted by Gasteiger charge is -2.16. The Labute approximate surface area is 123 Å². The molecule has 1 heterocycles. The van der Waals surface area contributed by atoms with Gasteiger partial charge in [-0.15, -0.1) is 0 Å². The molecule has 1 aromatic heterocycles. The number of amides is 1. The van der Waals surface area contributed by atoms with Gasteiger partial charge in [-0.25, -0.2) is 0 Å². The van der Waals surface area contributed by atoms with E-state index in [0.717, 1.165) is 5.69 Å². The molecule has 0 saturated carbocycles. The van der Waals surface area contributed by atoms with Crippen molar-refractivity contribution in [1.29, 1.82) is 0 Å². The molecule has 0 fully saturated rings. The van der Waals surface area contributed by atoms with Gasteiger partial charge in [0.25, 0.3) is 5.91 Å². The number of nitrogen functional groups attached to an aromatic ring is 1. The zero-order chi connectivity index (χ0) is 14.5. The van der Waals surface area contributed by atoms with E-state index in [9.17, 15) is 4.79 Å². The number of anilines is 2. The number of carbonyl (C=O) groups excluding carboxylic acids is 1. The highest BCUT2D eigenvalue weighted by atomic mass is 32.1. The van der Waals surface area contributed by atoms with Crippen LogP contribution >= 0.6 is 11.3 Å². The maximum absolute atomic E-state index is 11.8. The van der Waals surface area contributed by atoms with E-state index in [4.69, 9.17) is 5.73 Å². The Hall–Kier alpha value is -2.01. The maximum atomic E-state index is 11.8. The van der Waals surface area contributed by atoms with Crippen molar-refractivity contribution in [2.24, 2.45) is 0 Å². The lowest BCUT2D eigenvalue weighted by Crippen LogP contribution is -2.22. The number of thiophene rings is 1. The van der Waals surface area contributed by atoms with E-state index in [2.05, 4.69) is 29.0 Å². The molecule has 1 aromatic carbocycles. The molecule has 2 rings (SSSR count). The Bertz CT molecular complexity index is 581. The van der Waals surface area contributed by atoms with Gasteiger partial charge < -0.3 is 16.4 Å². The molecule has 106 valence electrons. The van der Waals surface area contributed by atoms with Crippen LogP contribution in [0.2, 0.25) is 0 Å². The Balaban J connectivity index is 2.18. The summed E-state index contributed by atoms with van der Waals surface area (Å²) in [5.41, 5.74) is 9.22. The highest BCUT2D eigenvalue weighted by Crippen LogP contribution is 2.26. The van der Waals surface area contributed by atoms with Crippen LogP contribution in [0.1, 0.15) is 35.8 Å². The minimum absolute atomic E-state index is 0.0845. The van der Waals surface area contributed by atoms with Crippen LogP contribution in [0.15, 0.2) is 35.0 Å². The van der Waals surface area contributed by atoms with Crippen LogP contribution < -0.4 is 16.4 Å². The van der Waals surface area contributed by atoms with Gasteiger partial charge in [0.15, 0.2) is 0 Å².